The fraction of sp³-hybridized carbons (Fsp3) is 0.500. The van der Waals surface area contributed by atoms with Gasteiger partial charge in [0.2, 0.25) is 0 Å². The Hall–Kier alpha value is -1.27. The number of hydrogen-bond donors (Lipinski definition) is 2. The Morgan fingerprint density at radius 3 is 2.50 bits per heavy atom. The highest BCUT2D eigenvalue weighted by Gasteiger charge is 2.17. The number of thiazole rings is 1. The number of aliphatic imine (C=N–C) groups is 1. The van der Waals surface area contributed by atoms with Crippen LogP contribution in [-0.4, -0.2) is 32.2 Å². The monoisotopic (exact) mass is 568 g/mol. The van der Waals surface area contributed by atoms with Gasteiger partial charge in [0, 0.05) is 23.6 Å². The maximum atomic E-state index is 13.7. The lowest BCUT2D eigenvalue weighted by Gasteiger charge is -2.14. The van der Waals surface area contributed by atoms with Gasteiger partial charge in [0.15, 0.2) is 15.8 Å². The van der Waals surface area contributed by atoms with Crippen molar-refractivity contribution in [3.63, 3.8) is 0 Å². The van der Waals surface area contributed by atoms with Crippen LogP contribution in [-0.2, 0) is 34.1 Å². The fourth-order valence-electron chi connectivity index (χ4n) is 2.57. The largest absolute Gasteiger partial charge is 0.357 e. The van der Waals surface area contributed by atoms with Gasteiger partial charge in [-0.05, 0) is 30.2 Å². The summed E-state index contributed by atoms with van der Waals surface area (Å²) in [6.07, 6.45) is 1.16. The zero-order valence-corrected chi connectivity index (χ0v) is 21.9. The molecule has 0 amide bonds. The Morgan fingerprint density at radius 2 is 1.93 bits per heavy atom. The van der Waals surface area contributed by atoms with E-state index in [1.54, 1.807) is 11.3 Å². The molecule has 0 fully saturated rings. The lowest BCUT2D eigenvalue weighted by atomic mass is 9.93. The molecule has 0 spiro atoms. The van der Waals surface area contributed by atoms with Crippen LogP contribution in [0.25, 0.3) is 0 Å². The number of sulfone groups is 1. The van der Waals surface area contributed by atoms with Crippen molar-refractivity contribution >= 4 is 51.1 Å². The molecule has 0 radical (unpaired) electrons. The number of guanidine groups is 1. The predicted octanol–water partition coefficient (Wildman–Crippen LogP) is 4.00. The zero-order chi connectivity index (χ0) is 21.7. The van der Waals surface area contributed by atoms with Crippen LogP contribution in [0.2, 0.25) is 0 Å². The van der Waals surface area contributed by atoms with Crippen LogP contribution in [0.5, 0.6) is 0 Å². The highest BCUT2D eigenvalue weighted by molar-refractivity contribution is 14.0. The number of nitrogens with zero attached hydrogens (tertiary/aromatic N) is 2. The minimum atomic E-state index is -3.23. The van der Waals surface area contributed by atoms with Gasteiger partial charge in [-0.3, -0.25) is 0 Å². The van der Waals surface area contributed by atoms with Crippen molar-refractivity contribution in [2.45, 2.75) is 52.0 Å². The minimum absolute atomic E-state index is 0. The van der Waals surface area contributed by atoms with E-state index in [9.17, 15) is 12.8 Å². The summed E-state index contributed by atoms with van der Waals surface area (Å²) in [5.41, 5.74) is 2.16. The van der Waals surface area contributed by atoms with Crippen molar-refractivity contribution in [1.82, 2.24) is 15.6 Å². The van der Waals surface area contributed by atoms with E-state index in [0.717, 1.165) is 17.0 Å². The quantitative estimate of drug-likeness (QED) is 0.300. The van der Waals surface area contributed by atoms with Gasteiger partial charge in [0.25, 0.3) is 0 Å². The second-order valence-corrected chi connectivity index (χ2v) is 11.0. The van der Waals surface area contributed by atoms with Gasteiger partial charge in [-0.2, -0.15) is 0 Å². The Labute approximate surface area is 199 Å². The average Bonchev–Trinajstić information content (AvgIpc) is 3.07. The summed E-state index contributed by atoms with van der Waals surface area (Å²) in [6, 6.07) is 4.11. The third-order valence-corrected chi connectivity index (χ3v) is 5.75. The van der Waals surface area contributed by atoms with Gasteiger partial charge < -0.3 is 10.6 Å². The van der Waals surface area contributed by atoms with E-state index in [4.69, 9.17) is 0 Å². The van der Waals surface area contributed by atoms with Crippen LogP contribution in [0, 0.1) is 5.82 Å². The van der Waals surface area contributed by atoms with E-state index in [1.165, 1.54) is 18.2 Å². The first-order valence-corrected chi connectivity index (χ1v) is 12.3. The first kappa shape index (κ1) is 26.8. The number of aromatic nitrogens is 1. The van der Waals surface area contributed by atoms with Gasteiger partial charge in [0.1, 0.15) is 10.8 Å². The Kier molecular flexibility index (Phi) is 10.2. The molecule has 6 nitrogen and oxygen atoms in total. The van der Waals surface area contributed by atoms with E-state index >= 15 is 0 Å². The summed E-state index contributed by atoms with van der Waals surface area (Å²) < 4.78 is 37.0. The molecule has 2 N–H and O–H groups in total. The minimum Gasteiger partial charge on any atom is -0.357 e. The van der Waals surface area contributed by atoms with E-state index in [-0.39, 0.29) is 41.7 Å². The maximum absolute atomic E-state index is 13.7. The molecule has 2 aromatic rings. The summed E-state index contributed by atoms with van der Waals surface area (Å²) in [7, 11) is -3.23. The summed E-state index contributed by atoms with van der Waals surface area (Å²) >= 11 is 1.59. The molecule has 0 aliphatic heterocycles. The summed E-state index contributed by atoms with van der Waals surface area (Å²) in [5, 5.41) is 9.38. The highest BCUT2D eigenvalue weighted by atomic mass is 127. The molecule has 30 heavy (non-hydrogen) atoms. The normalized spacial score (nSPS) is 12.4. The second-order valence-electron chi connectivity index (χ2n) is 7.91. The van der Waals surface area contributed by atoms with E-state index < -0.39 is 15.7 Å². The maximum Gasteiger partial charge on any atom is 0.191 e. The molecule has 0 bridgehead atoms. The van der Waals surface area contributed by atoms with Crippen LogP contribution < -0.4 is 10.6 Å². The fourth-order valence-corrected chi connectivity index (χ4v) is 4.37. The number of hydrogen-bond acceptors (Lipinski definition) is 5. The smallest absolute Gasteiger partial charge is 0.191 e. The number of halogens is 2. The predicted molar refractivity (Wildman–Crippen MR) is 133 cm³/mol. The Balaban J connectivity index is 0.00000450. The molecule has 10 heteroatoms. The molecule has 0 saturated heterocycles. The molecule has 168 valence electrons. The summed E-state index contributed by atoms with van der Waals surface area (Å²) in [5.74, 6) is 0.00838. The van der Waals surface area contributed by atoms with Gasteiger partial charge in [-0.1, -0.05) is 26.8 Å². The molecule has 1 aromatic heterocycles. The SMILES string of the molecule is CCNC(=NCc1cc(F)ccc1CS(C)(=O)=O)NCc1nc(C(C)(C)C)cs1.I. The van der Waals surface area contributed by atoms with Gasteiger partial charge in [-0.15, -0.1) is 35.3 Å². The van der Waals surface area contributed by atoms with E-state index in [1.807, 2.05) is 6.92 Å². The van der Waals surface area contributed by atoms with Crippen molar-refractivity contribution in [3.05, 3.63) is 51.2 Å². The first-order valence-electron chi connectivity index (χ1n) is 9.40. The van der Waals surface area contributed by atoms with Crippen molar-refractivity contribution in [1.29, 1.82) is 0 Å². The molecular formula is C20H30FIN4O2S2. The number of nitrogens with one attached hydrogen (secondary N) is 2. The lowest BCUT2D eigenvalue weighted by molar-refractivity contribution is 0.570. The first-order chi connectivity index (χ1) is 13.5. The second kappa shape index (κ2) is 11.4. The van der Waals surface area contributed by atoms with Gasteiger partial charge in [0.05, 0.1) is 24.5 Å². The van der Waals surface area contributed by atoms with Crippen molar-refractivity contribution in [3.8, 4) is 0 Å². The Bertz CT molecular complexity index is 969. The van der Waals surface area contributed by atoms with Crippen molar-refractivity contribution in [2.24, 2.45) is 4.99 Å². The van der Waals surface area contributed by atoms with E-state index in [0.29, 0.717) is 30.2 Å². The molecule has 2 rings (SSSR count). The van der Waals surface area contributed by atoms with Crippen LogP contribution in [0.15, 0.2) is 28.6 Å². The molecule has 1 heterocycles. The molecule has 0 saturated carbocycles. The third-order valence-electron chi connectivity index (χ3n) is 4.06. The van der Waals surface area contributed by atoms with Crippen molar-refractivity contribution in [2.75, 3.05) is 12.8 Å². The van der Waals surface area contributed by atoms with E-state index in [2.05, 4.69) is 46.8 Å². The number of benzene rings is 1. The van der Waals surface area contributed by atoms with Crippen LogP contribution in [0.1, 0.15) is 49.5 Å². The van der Waals surface area contributed by atoms with Gasteiger partial charge >= 0.3 is 0 Å². The molecule has 0 aliphatic carbocycles. The van der Waals surface area contributed by atoms with Crippen LogP contribution in [0.4, 0.5) is 4.39 Å². The molecular weight excluding hydrogens is 538 g/mol. The summed E-state index contributed by atoms with van der Waals surface area (Å²) in [6.45, 7) is 9.68. The standard InChI is InChI=1S/C20H29FN4O2S2.HI/c1-6-22-19(24-11-18-25-17(12-28-18)20(2,3)4)23-10-15-9-16(21)8-7-14(15)13-29(5,26)27;/h7-9,12H,6,10-11,13H2,1-5H3,(H2,22,23,24);1H. The van der Waals surface area contributed by atoms with Crippen molar-refractivity contribution < 1.29 is 12.8 Å². The van der Waals surface area contributed by atoms with Crippen LogP contribution >= 0.6 is 35.3 Å². The highest BCUT2D eigenvalue weighted by Crippen LogP contribution is 2.23. The third kappa shape index (κ3) is 8.84. The topological polar surface area (TPSA) is 83.5 Å². The van der Waals surface area contributed by atoms with Gasteiger partial charge in [-0.25, -0.2) is 22.8 Å². The average molecular weight is 569 g/mol. The molecule has 0 atom stereocenters. The van der Waals surface area contributed by atoms with Crippen LogP contribution in [0.3, 0.4) is 0 Å². The zero-order valence-electron chi connectivity index (χ0n) is 18.0. The molecule has 0 unspecified atom stereocenters. The molecule has 1 aromatic carbocycles. The number of rotatable bonds is 7. The Morgan fingerprint density at radius 1 is 1.23 bits per heavy atom. The summed E-state index contributed by atoms with van der Waals surface area (Å²) in [4.78, 5) is 9.15. The lowest BCUT2D eigenvalue weighted by Crippen LogP contribution is -2.36. The molecule has 0 aliphatic rings.